The number of aromatic amines is 1. The highest BCUT2D eigenvalue weighted by atomic mass is 19.4. The Hall–Kier alpha value is -3.43. The van der Waals surface area contributed by atoms with E-state index >= 15 is 0 Å². The van der Waals surface area contributed by atoms with Crippen LogP contribution in [0.3, 0.4) is 0 Å². The van der Waals surface area contributed by atoms with Gasteiger partial charge in [-0.3, -0.25) is 0 Å². The third-order valence-corrected chi connectivity index (χ3v) is 5.50. The van der Waals surface area contributed by atoms with Gasteiger partial charge >= 0.3 is 6.18 Å². The van der Waals surface area contributed by atoms with Gasteiger partial charge in [-0.1, -0.05) is 11.6 Å². The molecule has 7 nitrogen and oxygen atoms in total. The topological polar surface area (TPSA) is 79.8 Å². The summed E-state index contributed by atoms with van der Waals surface area (Å²) < 4.78 is 46.1. The monoisotopic (exact) mass is 428 g/mol. The molecule has 1 aliphatic heterocycles. The first-order chi connectivity index (χ1) is 14.9. The molecule has 4 aromatic rings. The number of fused-ring (bicyclic) bond motifs is 2. The first-order valence-corrected chi connectivity index (χ1v) is 9.92. The Bertz CT molecular complexity index is 1260. The molecule has 1 N–H and O–H groups in total. The maximum absolute atomic E-state index is 13.4. The van der Waals surface area contributed by atoms with Crippen molar-refractivity contribution in [1.29, 1.82) is 0 Å². The smallest absolute Gasteiger partial charge is 0.433 e. The third kappa shape index (κ3) is 3.62. The second-order valence-corrected chi connectivity index (χ2v) is 7.62. The Morgan fingerprint density at radius 3 is 2.90 bits per heavy atom. The van der Waals surface area contributed by atoms with Gasteiger partial charge in [-0.25, -0.2) is 19.9 Å². The quantitative estimate of drug-likeness (QED) is 0.523. The second kappa shape index (κ2) is 7.36. The van der Waals surface area contributed by atoms with Crippen LogP contribution in [0.1, 0.15) is 24.1 Å². The molecule has 0 bridgehead atoms. The zero-order valence-corrected chi connectivity index (χ0v) is 16.6. The number of ether oxygens (including phenoxy) is 1. The third-order valence-electron chi connectivity index (χ3n) is 5.50. The lowest BCUT2D eigenvalue weighted by Crippen LogP contribution is -2.35. The number of alkyl halides is 3. The molecule has 1 aromatic carbocycles. The van der Waals surface area contributed by atoms with Crippen LogP contribution >= 0.6 is 0 Å². The summed E-state index contributed by atoms with van der Waals surface area (Å²) in [6, 6.07) is 6.07. The van der Waals surface area contributed by atoms with Gasteiger partial charge in [0.1, 0.15) is 29.9 Å². The fourth-order valence-corrected chi connectivity index (χ4v) is 4.02. The summed E-state index contributed by atoms with van der Waals surface area (Å²) in [5.41, 5.74) is 1.52. The van der Waals surface area contributed by atoms with Crippen LogP contribution in [-0.2, 0) is 6.18 Å². The lowest BCUT2D eigenvalue weighted by molar-refractivity contribution is -0.141. The molecular formula is C21H19F3N6O. The predicted octanol–water partition coefficient (Wildman–Crippen LogP) is 4.28. The molecule has 0 radical (unpaired) electrons. The average molecular weight is 428 g/mol. The summed E-state index contributed by atoms with van der Waals surface area (Å²) in [5, 5.41) is 0.565. The van der Waals surface area contributed by atoms with Crippen LogP contribution < -0.4 is 9.64 Å². The molecule has 0 saturated carbocycles. The number of hydrogen-bond donors (Lipinski definition) is 1. The van der Waals surface area contributed by atoms with Crippen LogP contribution in [0, 0.1) is 6.92 Å². The van der Waals surface area contributed by atoms with E-state index in [9.17, 15) is 13.2 Å². The number of nitrogens with one attached hydrogen (secondary N) is 1. The number of pyridine rings is 1. The summed E-state index contributed by atoms with van der Waals surface area (Å²) >= 11 is 0. The second-order valence-electron chi connectivity index (χ2n) is 7.62. The van der Waals surface area contributed by atoms with Crippen molar-refractivity contribution in [1.82, 2.24) is 24.9 Å². The van der Waals surface area contributed by atoms with Crippen LogP contribution in [0.2, 0.25) is 0 Å². The van der Waals surface area contributed by atoms with Gasteiger partial charge in [0.25, 0.3) is 0 Å². The zero-order valence-electron chi connectivity index (χ0n) is 16.6. The molecule has 0 spiro atoms. The lowest BCUT2D eigenvalue weighted by Gasteiger charge is -2.26. The van der Waals surface area contributed by atoms with Crippen molar-refractivity contribution in [3.05, 3.63) is 48.2 Å². The number of halogens is 3. The molecule has 1 unspecified atom stereocenters. The lowest BCUT2D eigenvalue weighted by atomic mass is 10.1. The SMILES string of the molecule is Cc1ccc2nc(C(F)(F)F)cc(OCC3CCCN3c3ncnc4nc[nH]c34)c2c1. The summed E-state index contributed by atoms with van der Waals surface area (Å²) in [7, 11) is 0. The van der Waals surface area contributed by atoms with E-state index in [4.69, 9.17) is 4.74 Å². The first-order valence-electron chi connectivity index (χ1n) is 9.92. The molecule has 0 aliphatic carbocycles. The Morgan fingerprint density at radius 2 is 2.06 bits per heavy atom. The molecule has 4 heterocycles. The van der Waals surface area contributed by atoms with Gasteiger partial charge in [0.2, 0.25) is 0 Å². The molecule has 3 aromatic heterocycles. The van der Waals surface area contributed by atoms with E-state index in [1.54, 1.807) is 24.5 Å². The van der Waals surface area contributed by atoms with E-state index in [2.05, 4.69) is 29.8 Å². The fraction of sp³-hybridized carbons (Fsp3) is 0.333. The Kier molecular flexibility index (Phi) is 4.64. The van der Waals surface area contributed by atoms with E-state index < -0.39 is 11.9 Å². The number of H-pyrrole nitrogens is 1. The normalized spacial score (nSPS) is 17.0. The van der Waals surface area contributed by atoms with Crippen molar-refractivity contribution in [3.63, 3.8) is 0 Å². The average Bonchev–Trinajstić information content (AvgIpc) is 3.40. The van der Waals surface area contributed by atoms with Crippen LogP contribution in [0.25, 0.3) is 22.1 Å². The first kappa shape index (κ1) is 19.5. The van der Waals surface area contributed by atoms with Gasteiger partial charge in [-0.05, 0) is 31.9 Å². The van der Waals surface area contributed by atoms with Crippen LogP contribution in [-0.4, -0.2) is 44.1 Å². The van der Waals surface area contributed by atoms with Crippen molar-refractivity contribution >= 4 is 27.9 Å². The molecule has 31 heavy (non-hydrogen) atoms. The number of rotatable bonds is 4. The standard InChI is InChI=1S/C21H19F3N6O/c1-12-4-5-15-14(7-12)16(8-17(29-15)21(22,23)24)31-9-13-3-2-6-30(13)20-18-19(26-10-25-18)27-11-28-20/h4-5,7-8,10-11,13H,2-3,6,9H2,1H3,(H,25,26,27,28). The van der Waals surface area contributed by atoms with Crippen molar-refractivity contribution in [2.24, 2.45) is 0 Å². The Labute approximate surface area is 175 Å². The van der Waals surface area contributed by atoms with Crippen molar-refractivity contribution in [2.45, 2.75) is 32.0 Å². The summed E-state index contributed by atoms with van der Waals surface area (Å²) in [6.45, 7) is 2.87. The van der Waals surface area contributed by atoms with E-state index in [-0.39, 0.29) is 23.9 Å². The minimum atomic E-state index is -4.55. The van der Waals surface area contributed by atoms with Gasteiger partial charge in [0, 0.05) is 18.0 Å². The number of nitrogens with zero attached hydrogens (tertiary/aromatic N) is 5. The van der Waals surface area contributed by atoms with Gasteiger partial charge in [0.05, 0.1) is 17.9 Å². The molecule has 160 valence electrons. The summed E-state index contributed by atoms with van der Waals surface area (Å²) in [5.74, 6) is 0.905. The van der Waals surface area contributed by atoms with Crippen molar-refractivity contribution in [2.75, 3.05) is 18.1 Å². The minimum absolute atomic E-state index is 0.0382. The Balaban J connectivity index is 1.46. The maximum Gasteiger partial charge on any atom is 0.433 e. The van der Waals surface area contributed by atoms with E-state index in [1.807, 2.05) is 6.92 Å². The molecular weight excluding hydrogens is 409 g/mol. The number of aromatic nitrogens is 5. The Morgan fingerprint density at radius 1 is 1.19 bits per heavy atom. The highest BCUT2D eigenvalue weighted by Crippen LogP contribution is 2.35. The van der Waals surface area contributed by atoms with Gasteiger partial charge in [-0.2, -0.15) is 13.2 Å². The summed E-state index contributed by atoms with van der Waals surface area (Å²) in [4.78, 5) is 21.6. The zero-order chi connectivity index (χ0) is 21.6. The molecule has 1 fully saturated rings. The van der Waals surface area contributed by atoms with E-state index in [0.717, 1.165) is 42.4 Å². The van der Waals surface area contributed by atoms with Gasteiger partial charge < -0.3 is 14.6 Å². The van der Waals surface area contributed by atoms with Crippen molar-refractivity contribution in [3.8, 4) is 5.75 Å². The van der Waals surface area contributed by atoms with Crippen LogP contribution in [0.15, 0.2) is 36.9 Å². The molecule has 1 aliphatic rings. The van der Waals surface area contributed by atoms with Crippen molar-refractivity contribution < 1.29 is 17.9 Å². The molecule has 10 heteroatoms. The highest BCUT2D eigenvalue weighted by molar-refractivity contribution is 5.86. The maximum atomic E-state index is 13.4. The fourth-order valence-electron chi connectivity index (χ4n) is 4.02. The minimum Gasteiger partial charge on any atom is -0.491 e. The highest BCUT2D eigenvalue weighted by Gasteiger charge is 2.34. The van der Waals surface area contributed by atoms with Gasteiger partial charge in [-0.15, -0.1) is 0 Å². The molecule has 5 rings (SSSR count). The van der Waals surface area contributed by atoms with E-state index in [0.29, 0.717) is 11.0 Å². The van der Waals surface area contributed by atoms with Crippen LogP contribution in [0.4, 0.5) is 19.0 Å². The number of benzene rings is 1. The predicted molar refractivity (Wildman–Crippen MR) is 109 cm³/mol. The molecule has 0 amide bonds. The largest absolute Gasteiger partial charge is 0.491 e. The number of anilines is 1. The number of imidazole rings is 1. The molecule has 1 atom stereocenters. The van der Waals surface area contributed by atoms with E-state index in [1.165, 1.54) is 6.33 Å². The number of hydrogen-bond acceptors (Lipinski definition) is 6. The number of aryl methyl sites for hydroxylation is 1. The summed E-state index contributed by atoms with van der Waals surface area (Å²) in [6.07, 6.45) is 0.243. The van der Waals surface area contributed by atoms with Crippen LogP contribution in [0.5, 0.6) is 5.75 Å². The van der Waals surface area contributed by atoms with Gasteiger partial charge in [0.15, 0.2) is 11.5 Å². The molecule has 1 saturated heterocycles.